The van der Waals surface area contributed by atoms with Crippen molar-refractivity contribution in [1.29, 1.82) is 0 Å². The van der Waals surface area contributed by atoms with Gasteiger partial charge in [0.25, 0.3) is 0 Å². The fourth-order valence-electron chi connectivity index (χ4n) is 1.51. The molecule has 2 unspecified atom stereocenters. The van der Waals surface area contributed by atoms with Crippen LogP contribution < -0.4 is 4.74 Å². The van der Waals surface area contributed by atoms with Crippen molar-refractivity contribution in [2.45, 2.75) is 32.7 Å². The number of rotatable bonds is 7. The van der Waals surface area contributed by atoms with Gasteiger partial charge in [-0.1, -0.05) is 26.0 Å². The standard InChI is InChI=1S/C13H16O4.C2H6/c1-3-11(15-8-13-9-17-13)4-2-10(1)5-14-6-12-7-16-12;1-2/h1-4,12-13H,5-9H2;1-2H3. The van der Waals surface area contributed by atoms with Gasteiger partial charge in [-0.15, -0.1) is 0 Å². The van der Waals surface area contributed by atoms with Gasteiger partial charge in [0.15, 0.2) is 0 Å². The van der Waals surface area contributed by atoms with Crippen LogP contribution in [0.3, 0.4) is 0 Å². The first-order valence-corrected chi connectivity index (χ1v) is 6.93. The maximum atomic E-state index is 5.55. The normalized spacial score (nSPS) is 23.3. The van der Waals surface area contributed by atoms with E-state index in [0.29, 0.717) is 32.0 Å². The third kappa shape index (κ3) is 5.59. The molecule has 0 amide bonds. The van der Waals surface area contributed by atoms with E-state index >= 15 is 0 Å². The minimum atomic E-state index is 0.302. The third-order valence-corrected chi connectivity index (χ3v) is 2.74. The average Bonchev–Trinajstić information content (AvgIpc) is 3.35. The minimum Gasteiger partial charge on any atom is -0.491 e. The molecule has 4 heteroatoms. The molecule has 2 saturated heterocycles. The predicted octanol–water partition coefficient (Wildman–Crippen LogP) is 2.41. The van der Waals surface area contributed by atoms with Crippen LogP contribution in [0, 0.1) is 0 Å². The largest absolute Gasteiger partial charge is 0.491 e. The molecule has 2 heterocycles. The van der Waals surface area contributed by atoms with E-state index in [9.17, 15) is 0 Å². The lowest BCUT2D eigenvalue weighted by Gasteiger charge is -2.06. The Kier molecular flexibility index (Phi) is 5.63. The van der Waals surface area contributed by atoms with Crippen LogP contribution >= 0.6 is 0 Å². The van der Waals surface area contributed by atoms with Crippen LogP contribution in [-0.4, -0.2) is 38.6 Å². The molecule has 1 aromatic carbocycles. The molecule has 0 aromatic heterocycles. The average molecular weight is 266 g/mol. The van der Waals surface area contributed by atoms with Crippen LogP contribution in [0.25, 0.3) is 0 Å². The lowest BCUT2D eigenvalue weighted by Crippen LogP contribution is -2.04. The van der Waals surface area contributed by atoms with Gasteiger partial charge in [-0.2, -0.15) is 0 Å². The van der Waals surface area contributed by atoms with Crippen molar-refractivity contribution < 1.29 is 18.9 Å². The zero-order chi connectivity index (χ0) is 13.5. The van der Waals surface area contributed by atoms with Gasteiger partial charge >= 0.3 is 0 Å². The predicted molar refractivity (Wildman–Crippen MR) is 72.4 cm³/mol. The Balaban J connectivity index is 0.000000637. The Morgan fingerprint density at radius 3 is 2.16 bits per heavy atom. The Bertz CT molecular complexity index is 355. The van der Waals surface area contributed by atoms with Crippen molar-refractivity contribution in [2.24, 2.45) is 0 Å². The Hall–Kier alpha value is -1.10. The van der Waals surface area contributed by atoms with Crippen molar-refractivity contribution in [3.8, 4) is 5.75 Å². The number of hydrogen-bond donors (Lipinski definition) is 0. The summed E-state index contributed by atoms with van der Waals surface area (Å²) < 4.78 is 21.2. The first kappa shape index (κ1) is 14.3. The highest BCUT2D eigenvalue weighted by Crippen LogP contribution is 2.16. The summed E-state index contributed by atoms with van der Waals surface area (Å²) in [6.45, 7) is 7.64. The molecule has 19 heavy (non-hydrogen) atoms. The van der Waals surface area contributed by atoms with Gasteiger partial charge in [-0.05, 0) is 17.7 Å². The van der Waals surface area contributed by atoms with Gasteiger partial charge < -0.3 is 18.9 Å². The molecular formula is C15H22O4. The fraction of sp³-hybridized carbons (Fsp3) is 0.600. The zero-order valence-corrected chi connectivity index (χ0v) is 11.6. The molecule has 4 nitrogen and oxygen atoms in total. The Morgan fingerprint density at radius 2 is 1.58 bits per heavy atom. The smallest absolute Gasteiger partial charge is 0.119 e. The van der Waals surface area contributed by atoms with Gasteiger partial charge in [0.2, 0.25) is 0 Å². The molecular weight excluding hydrogens is 244 g/mol. The Morgan fingerprint density at radius 1 is 1.00 bits per heavy atom. The summed E-state index contributed by atoms with van der Waals surface area (Å²) in [5, 5.41) is 0. The van der Waals surface area contributed by atoms with Crippen LogP contribution in [0.15, 0.2) is 24.3 Å². The summed E-state index contributed by atoms with van der Waals surface area (Å²) >= 11 is 0. The summed E-state index contributed by atoms with van der Waals surface area (Å²) in [6.07, 6.45) is 0.632. The minimum absolute atomic E-state index is 0.302. The summed E-state index contributed by atoms with van der Waals surface area (Å²) in [6, 6.07) is 7.98. The Labute approximate surface area is 114 Å². The summed E-state index contributed by atoms with van der Waals surface area (Å²) in [7, 11) is 0. The van der Waals surface area contributed by atoms with Crippen LogP contribution in [0.4, 0.5) is 0 Å². The molecule has 0 spiro atoms. The number of hydrogen-bond acceptors (Lipinski definition) is 4. The molecule has 106 valence electrons. The van der Waals surface area contributed by atoms with E-state index in [1.54, 1.807) is 0 Å². The van der Waals surface area contributed by atoms with Crippen molar-refractivity contribution >= 4 is 0 Å². The molecule has 2 atom stereocenters. The molecule has 2 aliphatic rings. The third-order valence-electron chi connectivity index (χ3n) is 2.74. The topological polar surface area (TPSA) is 43.5 Å². The first-order chi connectivity index (χ1) is 9.40. The fourth-order valence-corrected chi connectivity index (χ4v) is 1.51. The van der Waals surface area contributed by atoms with E-state index in [4.69, 9.17) is 18.9 Å². The zero-order valence-electron chi connectivity index (χ0n) is 11.6. The second kappa shape index (κ2) is 7.48. The molecule has 2 fully saturated rings. The SMILES string of the molecule is CC.c1cc(OCC2CO2)ccc1COCC1CO1. The summed E-state index contributed by atoms with van der Waals surface area (Å²) in [4.78, 5) is 0. The quantitative estimate of drug-likeness (QED) is 0.711. The van der Waals surface area contributed by atoms with E-state index < -0.39 is 0 Å². The van der Waals surface area contributed by atoms with Gasteiger partial charge in [-0.3, -0.25) is 0 Å². The van der Waals surface area contributed by atoms with Crippen LogP contribution in [0.5, 0.6) is 5.75 Å². The molecule has 0 saturated carbocycles. The van der Waals surface area contributed by atoms with Crippen LogP contribution in [-0.2, 0) is 20.8 Å². The van der Waals surface area contributed by atoms with Gasteiger partial charge in [0.1, 0.15) is 24.6 Å². The van der Waals surface area contributed by atoms with Crippen molar-refractivity contribution in [3.63, 3.8) is 0 Å². The summed E-state index contributed by atoms with van der Waals surface area (Å²) in [5.74, 6) is 0.884. The maximum absolute atomic E-state index is 5.55. The van der Waals surface area contributed by atoms with E-state index in [1.165, 1.54) is 0 Å². The van der Waals surface area contributed by atoms with Crippen LogP contribution in [0.1, 0.15) is 19.4 Å². The lowest BCUT2D eigenvalue weighted by molar-refractivity contribution is 0.104. The monoisotopic (exact) mass is 266 g/mol. The number of epoxide rings is 2. The maximum Gasteiger partial charge on any atom is 0.119 e. The van der Waals surface area contributed by atoms with E-state index in [1.807, 2.05) is 38.1 Å². The first-order valence-electron chi connectivity index (χ1n) is 6.93. The lowest BCUT2D eigenvalue weighted by atomic mass is 10.2. The van der Waals surface area contributed by atoms with E-state index in [0.717, 1.165) is 24.5 Å². The van der Waals surface area contributed by atoms with Crippen molar-refractivity contribution in [2.75, 3.05) is 26.4 Å². The molecule has 3 rings (SSSR count). The number of ether oxygens (including phenoxy) is 4. The highest BCUT2D eigenvalue weighted by atomic mass is 16.6. The molecule has 0 N–H and O–H groups in total. The van der Waals surface area contributed by atoms with E-state index in [2.05, 4.69) is 0 Å². The van der Waals surface area contributed by atoms with Crippen molar-refractivity contribution in [1.82, 2.24) is 0 Å². The second-order valence-corrected chi connectivity index (χ2v) is 4.38. The van der Waals surface area contributed by atoms with Gasteiger partial charge in [0.05, 0.1) is 26.4 Å². The van der Waals surface area contributed by atoms with Gasteiger partial charge in [0, 0.05) is 0 Å². The van der Waals surface area contributed by atoms with Crippen molar-refractivity contribution in [3.05, 3.63) is 29.8 Å². The molecule has 0 radical (unpaired) electrons. The van der Waals surface area contributed by atoms with E-state index in [-0.39, 0.29) is 0 Å². The summed E-state index contributed by atoms with van der Waals surface area (Å²) in [5.41, 5.74) is 1.15. The molecule has 0 aliphatic carbocycles. The second-order valence-electron chi connectivity index (χ2n) is 4.38. The molecule has 1 aromatic rings. The van der Waals surface area contributed by atoms with Gasteiger partial charge in [-0.25, -0.2) is 0 Å². The number of benzene rings is 1. The molecule has 0 bridgehead atoms. The highest BCUT2D eigenvalue weighted by Gasteiger charge is 2.23. The van der Waals surface area contributed by atoms with Crippen LogP contribution in [0.2, 0.25) is 0 Å². The molecule has 2 aliphatic heterocycles. The highest BCUT2D eigenvalue weighted by molar-refractivity contribution is 5.26.